The van der Waals surface area contributed by atoms with E-state index in [2.05, 4.69) is 12.1 Å². The lowest BCUT2D eigenvalue weighted by molar-refractivity contribution is 0.273. The molecule has 1 aliphatic rings. The van der Waals surface area contributed by atoms with Crippen LogP contribution >= 0.6 is 11.8 Å². The molecule has 1 unspecified atom stereocenters. The third-order valence-corrected chi connectivity index (χ3v) is 4.61. The summed E-state index contributed by atoms with van der Waals surface area (Å²) in [5.41, 5.74) is 1.29. The Morgan fingerprint density at radius 1 is 1.11 bits per heavy atom. The first-order chi connectivity index (χ1) is 9.34. The maximum atomic E-state index is 9.79. The van der Waals surface area contributed by atoms with E-state index in [0.29, 0.717) is 11.7 Å². The van der Waals surface area contributed by atoms with Gasteiger partial charge >= 0.3 is 0 Å². The molecule has 2 aromatic carbocycles. The summed E-state index contributed by atoms with van der Waals surface area (Å²) in [5, 5.41) is 9.79. The number of benzene rings is 2. The highest BCUT2D eigenvalue weighted by Crippen LogP contribution is 2.38. The lowest BCUT2D eigenvalue weighted by Gasteiger charge is -2.25. The maximum Gasteiger partial charge on any atom is 0.129 e. The summed E-state index contributed by atoms with van der Waals surface area (Å²) < 4.78 is 5.67. The van der Waals surface area contributed by atoms with E-state index in [1.165, 1.54) is 5.56 Å². The molecule has 19 heavy (non-hydrogen) atoms. The van der Waals surface area contributed by atoms with Crippen LogP contribution in [-0.2, 0) is 0 Å². The van der Waals surface area contributed by atoms with E-state index in [0.717, 1.165) is 29.4 Å². The molecule has 0 amide bonds. The number of phenols is 1. The number of thioether (sulfide) groups is 1. The van der Waals surface area contributed by atoms with E-state index in [-0.39, 0.29) is 0 Å². The van der Waals surface area contributed by atoms with Crippen LogP contribution in [0.1, 0.15) is 17.9 Å². The Kier molecular flexibility index (Phi) is 3.65. The molecular formula is C16H16O2S. The van der Waals surface area contributed by atoms with E-state index in [4.69, 9.17) is 4.74 Å². The summed E-state index contributed by atoms with van der Waals surface area (Å²) in [6, 6.07) is 15.8. The van der Waals surface area contributed by atoms with Crippen molar-refractivity contribution in [2.75, 3.05) is 12.4 Å². The molecule has 0 aromatic heterocycles. The molecular weight excluding hydrogens is 256 g/mol. The van der Waals surface area contributed by atoms with Crippen molar-refractivity contribution in [1.82, 2.24) is 0 Å². The average molecular weight is 272 g/mol. The zero-order valence-electron chi connectivity index (χ0n) is 10.6. The van der Waals surface area contributed by atoms with E-state index < -0.39 is 0 Å². The predicted molar refractivity (Wildman–Crippen MR) is 78.1 cm³/mol. The number of fused-ring (bicyclic) bond motifs is 1. The van der Waals surface area contributed by atoms with Crippen molar-refractivity contribution in [3.8, 4) is 11.5 Å². The van der Waals surface area contributed by atoms with Crippen molar-refractivity contribution in [3.05, 3.63) is 54.1 Å². The van der Waals surface area contributed by atoms with Crippen LogP contribution in [0.3, 0.4) is 0 Å². The van der Waals surface area contributed by atoms with Gasteiger partial charge in [0.25, 0.3) is 0 Å². The van der Waals surface area contributed by atoms with Gasteiger partial charge in [0, 0.05) is 16.6 Å². The minimum Gasteiger partial charge on any atom is -0.507 e. The molecule has 0 saturated carbocycles. The first kappa shape index (κ1) is 12.4. The molecule has 1 heterocycles. The van der Waals surface area contributed by atoms with Gasteiger partial charge in [0.05, 0.1) is 6.61 Å². The largest absolute Gasteiger partial charge is 0.507 e. The SMILES string of the molecule is Oc1ccccc1SCC1CCOc2ccccc21. The van der Waals surface area contributed by atoms with Gasteiger partial charge in [-0.05, 0) is 30.2 Å². The van der Waals surface area contributed by atoms with Crippen LogP contribution in [0.25, 0.3) is 0 Å². The smallest absolute Gasteiger partial charge is 0.129 e. The first-order valence-corrected chi connectivity index (χ1v) is 7.45. The monoisotopic (exact) mass is 272 g/mol. The van der Waals surface area contributed by atoms with Gasteiger partial charge in [0.1, 0.15) is 11.5 Å². The average Bonchev–Trinajstić information content (AvgIpc) is 2.46. The van der Waals surface area contributed by atoms with Gasteiger partial charge in [0.2, 0.25) is 0 Å². The van der Waals surface area contributed by atoms with Crippen molar-refractivity contribution < 1.29 is 9.84 Å². The Balaban J connectivity index is 1.73. The molecule has 0 radical (unpaired) electrons. The van der Waals surface area contributed by atoms with Crippen molar-refractivity contribution >= 4 is 11.8 Å². The molecule has 0 aliphatic carbocycles. The van der Waals surface area contributed by atoms with Crippen molar-refractivity contribution in [1.29, 1.82) is 0 Å². The van der Waals surface area contributed by atoms with Gasteiger partial charge in [-0.15, -0.1) is 11.8 Å². The summed E-state index contributed by atoms with van der Waals surface area (Å²) >= 11 is 1.71. The van der Waals surface area contributed by atoms with E-state index >= 15 is 0 Å². The first-order valence-electron chi connectivity index (χ1n) is 6.47. The van der Waals surface area contributed by atoms with Crippen molar-refractivity contribution in [2.45, 2.75) is 17.2 Å². The Morgan fingerprint density at radius 2 is 1.89 bits per heavy atom. The van der Waals surface area contributed by atoms with Crippen LogP contribution < -0.4 is 4.74 Å². The predicted octanol–water partition coefficient (Wildman–Crippen LogP) is 4.05. The number of ether oxygens (including phenoxy) is 1. The number of rotatable bonds is 3. The zero-order chi connectivity index (χ0) is 13.1. The van der Waals surface area contributed by atoms with Gasteiger partial charge in [0.15, 0.2) is 0 Å². The zero-order valence-corrected chi connectivity index (χ0v) is 11.4. The molecule has 3 rings (SSSR count). The minimum absolute atomic E-state index is 0.368. The molecule has 1 aliphatic heterocycles. The Bertz CT molecular complexity index is 568. The number of para-hydroxylation sites is 2. The van der Waals surface area contributed by atoms with Gasteiger partial charge in [-0.25, -0.2) is 0 Å². The second-order valence-electron chi connectivity index (χ2n) is 4.65. The topological polar surface area (TPSA) is 29.5 Å². The van der Waals surface area contributed by atoms with Crippen LogP contribution in [0.4, 0.5) is 0 Å². The molecule has 98 valence electrons. The molecule has 0 bridgehead atoms. The van der Waals surface area contributed by atoms with Crippen LogP contribution in [0.5, 0.6) is 11.5 Å². The van der Waals surface area contributed by atoms with Crippen LogP contribution in [0.2, 0.25) is 0 Å². The fraction of sp³-hybridized carbons (Fsp3) is 0.250. The molecule has 3 heteroatoms. The second-order valence-corrected chi connectivity index (χ2v) is 5.71. The highest BCUT2D eigenvalue weighted by molar-refractivity contribution is 7.99. The minimum atomic E-state index is 0.368. The maximum absolute atomic E-state index is 9.79. The number of hydrogen-bond acceptors (Lipinski definition) is 3. The van der Waals surface area contributed by atoms with Gasteiger partial charge in [-0.1, -0.05) is 30.3 Å². The van der Waals surface area contributed by atoms with E-state index in [9.17, 15) is 5.11 Å². The van der Waals surface area contributed by atoms with Crippen molar-refractivity contribution in [3.63, 3.8) is 0 Å². The molecule has 1 N–H and O–H groups in total. The summed E-state index contributed by atoms with van der Waals surface area (Å²) in [7, 11) is 0. The Hall–Kier alpha value is -1.61. The summed E-state index contributed by atoms with van der Waals surface area (Å²) in [5.74, 6) is 2.84. The highest BCUT2D eigenvalue weighted by atomic mass is 32.2. The fourth-order valence-electron chi connectivity index (χ4n) is 2.36. The number of hydrogen-bond donors (Lipinski definition) is 1. The quantitative estimate of drug-likeness (QED) is 0.855. The molecule has 0 fully saturated rings. The third kappa shape index (κ3) is 2.71. The van der Waals surface area contributed by atoms with Crippen LogP contribution in [-0.4, -0.2) is 17.5 Å². The molecule has 0 spiro atoms. The van der Waals surface area contributed by atoms with E-state index in [1.807, 2.05) is 30.3 Å². The lowest BCUT2D eigenvalue weighted by Crippen LogP contribution is -2.15. The fourth-order valence-corrected chi connectivity index (χ4v) is 3.48. The lowest BCUT2D eigenvalue weighted by atomic mass is 9.95. The van der Waals surface area contributed by atoms with Gasteiger partial charge < -0.3 is 9.84 Å². The number of phenolic OH excluding ortho intramolecular Hbond substituents is 1. The van der Waals surface area contributed by atoms with E-state index in [1.54, 1.807) is 17.8 Å². The standard InChI is InChI=1S/C16H16O2S/c17-14-6-2-4-8-16(14)19-11-12-9-10-18-15-7-3-1-5-13(12)15/h1-8,12,17H,9-11H2. The summed E-state index contributed by atoms with van der Waals surface area (Å²) in [6.07, 6.45) is 1.04. The normalized spacial score (nSPS) is 17.6. The summed E-state index contributed by atoms with van der Waals surface area (Å²) in [6.45, 7) is 0.781. The van der Waals surface area contributed by atoms with Gasteiger partial charge in [-0.2, -0.15) is 0 Å². The highest BCUT2D eigenvalue weighted by Gasteiger charge is 2.21. The Labute approximate surface area is 117 Å². The molecule has 2 aromatic rings. The molecule has 0 saturated heterocycles. The summed E-state index contributed by atoms with van der Waals surface area (Å²) in [4.78, 5) is 0.950. The van der Waals surface area contributed by atoms with Crippen LogP contribution in [0.15, 0.2) is 53.4 Å². The van der Waals surface area contributed by atoms with Gasteiger partial charge in [-0.3, -0.25) is 0 Å². The second kappa shape index (κ2) is 5.57. The third-order valence-electron chi connectivity index (χ3n) is 3.39. The Morgan fingerprint density at radius 3 is 2.79 bits per heavy atom. The van der Waals surface area contributed by atoms with Crippen LogP contribution in [0, 0.1) is 0 Å². The number of aromatic hydroxyl groups is 1. The van der Waals surface area contributed by atoms with Crippen molar-refractivity contribution in [2.24, 2.45) is 0 Å². The molecule has 2 nitrogen and oxygen atoms in total. The molecule has 1 atom stereocenters.